The monoisotopic (exact) mass is 766 g/mol. The van der Waals surface area contributed by atoms with Gasteiger partial charge in [-0.05, 0) is 82.5 Å². The number of pyridine rings is 2. The maximum absolute atomic E-state index is 6.99. The lowest BCUT2D eigenvalue weighted by Crippen LogP contribution is -2.31. The van der Waals surface area contributed by atoms with Crippen molar-refractivity contribution in [3.05, 3.63) is 162 Å². The van der Waals surface area contributed by atoms with E-state index in [1.165, 1.54) is 33.4 Å². The first-order chi connectivity index (χ1) is 27.4. The number of furan rings is 1. The molecule has 3 aromatic heterocycles. The Morgan fingerprint density at radius 1 is 0.825 bits per heavy atom. The van der Waals surface area contributed by atoms with Crippen LogP contribution in [0.3, 0.4) is 0 Å². The van der Waals surface area contributed by atoms with E-state index in [1.807, 2.05) is 0 Å². The van der Waals surface area contributed by atoms with Gasteiger partial charge in [-0.25, -0.2) is 9.55 Å². The third-order valence-corrected chi connectivity index (χ3v) is 14.0. The Morgan fingerprint density at radius 2 is 1.49 bits per heavy atom. The van der Waals surface area contributed by atoms with Gasteiger partial charge in [0.15, 0.2) is 11.8 Å². The molecule has 7 aromatic rings. The zero-order valence-corrected chi connectivity index (χ0v) is 35.9. The van der Waals surface area contributed by atoms with Crippen LogP contribution in [0.25, 0.3) is 61.3 Å². The van der Waals surface area contributed by atoms with Crippen LogP contribution < -0.4 is 9.88 Å². The van der Waals surface area contributed by atoms with E-state index in [9.17, 15) is 0 Å². The number of aryl methyl sites for hydroxylation is 1. The molecule has 288 valence electrons. The fourth-order valence-corrected chi connectivity index (χ4v) is 10.2. The summed E-state index contributed by atoms with van der Waals surface area (Å²) in [5.74, 6) is 0.301. The smallest absolute Gasteiger partial charge is 0.227 e. The quantitative estimate of drug-likeness (QED) is 0.111. The maximum Gasteiger partial charge on any atom is 0.227 e. The van der Waals surface area contributed by atoms with Crippen molar-refractivity contribution in [2.24, 2.45) is 12.5 Å². The van der Waals surface area contributed by atoms with E-state index in [2.05, 4.69) is 204 Å². The highest BCUT2D eigenvalue weighted by Gasteiger charge is 2.33. The van der Waals surface area contributed by atoms with Crippen molar-refractivity contribution in [2.45, 2.75) is 78.6 Å². The second-order valence-corrected chi connectivity index (χ2v) is 23.2. The summed E-state index contributed by atoms with van der Waals surface area (Å²) in [7, 11) is 0.702. The first-order valence-corrected chi connectivity index (χ1v) is 24.1. The highest BCUT2D eigenvalue weighted by Crippen LogP contribution is 2.46. The molecule has 1 aliphatic rings. The van der Waals surface area contributed by atoms with Crippen molar-refractivity contribution in [1.29, 1.82) is 0 Å². The van der Waals surface area contributed by atoms with E-state index >= 15 is 0 Å². The number of allylic oxidation sites excluding steroid dienone is 2. The average molecular weight is 767 g/mol. The van der Waals surface area contributed by atoms with Crippen molar-refractivity contribution in [3.8, 4) is 33.6 Å². The highest BCUT2D eigenvalue weighted by molar-refractivity contribution is 6.83. The SMILES string of the molecule is CC/C(=C\NC1C=C(c2ccc3c(oc4nc(-c5ccc(-c6ccccc6)cc5)ccc43)c2-c2cc(CC(C)(C)C)cc[n+]2C)CC1c1ccccc1)[Si](C)(C)C. The zero-order valence-electron chi connectivity index (χ0n) is 34.9. The molecule has 0 radical (unpaired) electrons. The van der Waals surface area contributed by atoms with Crippen LogP contribution in [0.4, 0.5) is 0 Å². The van der Waals surface area contributed by atoms with Crippen molar-refractivity contribution < 1.29 is 8.98 Å². The topological polar surface area (TPSA) is 41.9 Å². The molecular weight excluding hydrogens is 711 g/mol. The Labute approximate surface area is 340 Å². The molecule has 1 N–H and O–H groups in total. The zero-order chi connectivity index (χ0) is 39.9. The van der Waals surface area contributed by atoms with Gasteiger partial charge in [0.1, 0.15) is 7.05 Å². The summed E-state index contributed by atoms with van der Waals surface area (Å²) >= 11 is 0. The maximum atomic E-state index is 6.99. The number of aromatic nitrogens is 2. The number of hydrogen-bond acceptors (Lipinski definition) is 3. The molecule has 4 aromatic carbocycles. The molecule has 4 nitrogen and oxygen atoms in total. The number of nitrogens with zero attached hydrogens (tertiary/aromatic N) is 2. The van der Waals surface area contributed by atoms with Crippen molar-refractivity contribution >= 4 is 35.7 Å². The molecule has 0 bridgehead atoms. The number of rotatable bonds is 10. The van der Waals surface area contributed by atoms with Crippen LogP contribution in [-0.4, -0.2) is 19.1 Å². The molecule has 5 heteroatoms. The van der Waals surface area contributed by atoms with E-state index in [4.69, 9.17) is 9.40 Å². The number of benzene rings is 4. The number of nitrogens with one attached hydrogen (secondary N) is 1. The minimum absolute atomic E-state index is 0.154. The van der Waals surface area contributed by atoms with Gasteiger partial charge >= 0.3 is 0 Å². The van der Waals surface area contributed by atoms with Crippen LogP contribution in [0, 0.1) is 5.41 Å². The minimum Gasteiger partial charge on any atom is -0.437 e. The van der Waals surface area contributed by atoms with Gasteiger partial charge in [0.25, 0.3) is 0 Å². The summed E-state index contributed by atoms with van der Waals surface area (Å²) in [6.45, 7) is 16.5. The third-order valence-electron chi connectivity index (χ3n) is 11.6. The molecule has 3 heterocycles. The van der Waals surface area contributed by atoms with Crippen molar-refractivity contribution in [3.63, 3.8) is 0 Å². The van der Waals surface area contributed by atoms with E-state index in [0.717, 1.165) is 58.1 Å². The van der Waals surface area contributed by atoms with E-state index < -0.39 is 8.07 Å². The lowest BCUT2D eigenvalue weighted by atomic mass is 9.87. The Bertz CT molecular complexity index is 2610. The Hall–Kier alpha value is -5.52. The average Bonchev–Trinajstić information content (AvgIpc) is 3.80. The Kier molecular flexibility index (Phi) is 10.4. The fourth-order valence-electron chi connectivity index (χ4n) is 8.65. The van der Waals surface area contributed by atoms with E-state index in [0.29, 0.717) is 11.6 Å². The summed E-state index contributed by atoms with van der Waals surface area (Å²) in [4.78, 5) is 5.17. The first kappa shape index (κ1) is 38.4. The van der Waals surface area contributed by atoms with Gasteiger partial charge in [-0.2, -0.15) is 0 Å². The minimum atomic E-state index is -1.46. The lowest BCUT2D eigenvalue weighted by Gasteiger charge is -2.24. The molecule has 0 spiro atoms. The molecule has 0 amide bonds. The van der Waals surface area contributed by atoms with Gasteiger partial charge in [-0.15, -0.1) is 0 Å². The summed E-state index contributed by atoms with van der Waals surface area (Å²) < 4.78 is 9.25. The van der Waals surface area contributed by atoms with Gasteiger partial charge in [0, 0.05) is 34.4 Å². The summed E-state index contributed by atoms with van der Waals surface area (Å²) in [6.07, 6.45) is 10.0. The fraction of sp³-hybridized carbons (Fsp3) is 0.269. The standard InChI is InChI=1S/C52H56N3OSi/c1-9-41(57(6,7)8)34-53-47-32-40(31-45(47)38-18-14-11-15-19-38)42-24-25-43-44-26-27-46(39-22-20-37(21-23-39)36-16-12-10-13-17-36)54-51(44)56-50(43)49(42)48-30-35(28-29-55(48)5)33-52(2,3)4/h10-30,32,34,45,47,53H,9,31,33H2,1-8H3/q+1/b41-34+. The van der Waals surface area contributed by atoms with E-state index in [1.54, 1.807) is 5.20 Å². The molecule has 57 heavy (non-hydrogen) atoms. The Balaban J connectivity index is 1.28. The van der Waals surface area contributed by atoms with Crippen LogP contribution in [0.2, 0.25) is 19.6 Å². The van der Waals surface area contributed by atoms with Crippen LogP contribution in [0.1, 0.15) is 63.1 Å². The Morgan fingerprint density at radius 3 is 2.18 bits per heavy atom. The molecule has 0 saturated heterocycles. The number of fused-ring (bicyclic) bond motifs is 3. The van der Waals surface area contributed by atoms with Gasteiger partial charge in [0.05, 0.1) is 25.4 Å². The first-order valence-electron chi connectivity index (χ1n) is 20.6. The van der Waals surface area contributed by atoms with Crippen molar-refractivity contribution in [1.82, 2.24) is 10.3 Å². The van der Waals surface area contributed by atoms with Gasteiger partial charge < -0.3 is 9.73 Å². The predicted molar refractivity (Wildman–Crippen MR) is 243 cm³/mol. The third kappa shape index (κ3) is 8.04. The predicted octanol–water partition coefficient (Wildman–Crippen LogP) is 13.1. The lowest BCUT2D eigenvalue weighted by molar-refractivity contribution is -0.660. The normalized spacial score (nSPS) is 16.4. The summed E-state index contributed by atoms with van der Waals surface area (Å²) in [5.41, 5.74) is 13.6. The molecule has 0 saturated carbocycles. The second-order valence-electron chi connectivity index (χ2n) is 18.1. The molecule has 0 aliphatic heterocycles. The molecule has 2 atom stereocenters. The van der Waals surface area contributed by atoms with Gasteiger partial charge in [-0.3, -0.25) is 0 Å². The molecular formula is C52H56N3OSi+. The molecule has 1 aliphatic carbocycles. The van der Waals surface area contributed by atoms with Crippen LogP contribution in [0.5, 0.6) is 0 Å². The van der Waals surface area contributed by atoms with Crippen molar-refractivity contribution in [2.75, 3.05) is 0 Å². The highest BCUT2D eigenvalue weighted by atomic mass is 28.3. The van der Waals surface area contributed by atoms with Crippen LogP contribution in [0.15, 0.2) is 149 Å². The number of hydrogen-bond donors (Lipinski definition) is 1. The summed E-state index contributed by atoms with van der Waals surface area (Å²) in [6, 6.07) is 43.9. The van der Waals surface area contributed by atoms with Crippen LogP contribution in [-0.2, 0) is 13.5 Å². The summed E-state index contributed by atoms with van der Waals surface area (Å²) in [5, 5.41) is 7.62. The molecule has 8 rings (SSSR count). The van der Waals surface area contributed by atoms with Gasteiger partial charge in [0.2, 0.25) is 11.4 Å². The van der Waals surface area contributed by atoms with Gasteiger partial charge in [-0.1, -0.05) is 150 Å². The van der Waals surface area contributed by atoms with Crippen LogP contribution >= 0.6 is 0 Å². The van der Waals surface area contributed by atoms with E-state index in [-0.39, 0.29) is 11.5 Å². The molecule has 2 unspecified atom stereocenters. The second kappa shape index (κ2) is 15.4. The largest absolute Gasteiger partial charge is 0.437 e. The molecule has 0 fully saturated rings.